The highest BCUT2D eigenvalue weighted by Gasteiger charge is 2.42. The molecule has 1 amide bonds. The van der Waals surface area contributed by atoms with E-state index in [1.54, 1.807) is 0 Å². The Balaban J connectivity index is 2.20. The number of carbonyl (C=O) groups excluding carboxylic acids is 2. The minimum Gasteiger partial charge on any atom is -0.374 e. The first-order chi connectivity index (χ1) is 8.91. The Morgan fingerprint density at radius 2 is 2.00 bits per heavy atom. The molecule has 2 rings (SSSR count). The largest absolute Gasteiger partial charge is 0.374 e. The summed E-state index contributed by atoms with van der Waals surface area (Å²) in [5.41, 5.74) is 1.18. The van der Waals surface area contributed by atoms with E-state index in [9.17, 15) is 27.9 Å². The second-order valence-corrected chi connectivity index (χ2v) is 3.67. The van der Waals surface area contributed by atoms with Crippen LogP contribution in [0.4, 0.5) is 18.9 Å². The van der Waals surface area contributed by atoms with Crippen molar-refractivity contribution >= 4 is 17.6 Å². The molecule has 2 unspecified atom stereocenters. The molecule has 1 aromatic carbocycles. The van der Waals surface area contributed by atoms with Crippen LogP contribution in [-0.4, -0.2) is 23.2 Å². The number of hydrogen-bond donors (Lipinski definition) is 3. The maximum absolute atomic E-state index is 13.3. The molecule has 1 saturated heterocycles. The zero-order valence-electron chi connectivity index (χ0n) is 9.12. The molecule has 1 fully saturated rings. The van der Waals surface area contributed by atoms with Crippen molar-refractivity contribution in [3.05, 3.63) is 29.6 Å². The molecule has 9 heteroatoms. The molecule has 102 valence electrons. The van der Waals surface area contributed by atoms with Gasteiger partial charge in [0.1, 0.15) is 0 Å². The smallest absolute Gasteiger partial charge is 0.341 e. The summed E-state index contributed by atoms with van der Waals surface area (Å²) < 4.78 is 38.9. The van der Waals surface area contributed by atoms with Crippen LogP contribution < -0.4 is 10.8 Å². The first-order valence-corrected chi connectivity index (χ1v) is 5.00. The average molecular weight is 276 g/mol. The summed E-state index contributed by atoms with van der Waals surface area (Å²) in [6, 6.07) is 1.39. The van der Waals surface area contributed by atoms with E-state index in [1.807, 2.05) is 10.8 Å². The first-order valence-electron chi connectivity index (χ1n) is 5.00. The molecule has 1 aliphatic heterocycles. The first kappa shape index (κ1) is 13.3. The van der Waals surface area contributed by atoms with Crippen molar-refractivity contribution in [3.8, 4) is 0 Å². The van der Waals surface area contributed by atoms with Crippen molar-refractivity contribution < 1.29 is 32.7 Å². The van der Waals surface area contributed by atoms with Gasteiger partial charge in [0.25, 0.3) is 0 Å². The van der Waals surface area contributed by atoms with Crippen LogP contribution in [0.1, 0.15) is 0 Å². The quantitative estimate of drug-likeness (QED) is 0.524. The van der Waals surface area contributed by atoms with Gasteiger partial charge < -0.3 is 15.3 Å². The fourth-order valence-corrected chi connectivity index (χ4v) is 1.46. The second-order valence-electron chi connectivity index (χ2n) is 3.67. The Morgan fingerprint density at radius 1 is 1.32 bits per heavy atom. The van der Waals surface area contributed by atoms with Crippen LogP contribution in [0, 0.1) is 23.4 Å². The summed E-state index contributed by atoms with van der Waals surface area (Å²) in [7, 11) is 0. The van der Waals surface area contributed by atoms with E-state index in [0.29, 0.717) is 6.07 Å². The number of anilines is 1. The van der Waals surface area contributed by atoms with E-state index in [-0.39, 0.29) is 0 Å². The van der Waals surface area contributed by atoms with Crippen LogP contribution in [0.5, 0.6) is 0 Å². The van der Waals surface area contributed by atoms with E-state index in [2.05, 4.69) is 4.84 Å². The van der Waals surface area contributed by atoms with Gasteiger partial charge in [0, 0.05) is 0 Å². The highest BCUT2D eigenvalue weighted by Crippen LogP contribution is 2.21. The van der Waals surface area contributed by atoms with Crippen LogP contribution in [-0.2, 0) is 14.4 Å². The molecule has 1 aromatic rings. The van der Waals surface area contributed by atoms with Gasteiger partial charge in [-0.3, -0.25) is 4.79 Å². The number of amides is 1. The monoisotopic (exact) mass is 276 g/mol. The Labute approximate surface area is 104 Å². The van der Waals surface area contributed by atoms with Crippen molar-refractivity contribution in [2.75, 3.05) is 5.32 Å². The number of hydroxylamine groups is 1. The van der Waals surface area contributed by atoms with E-state index < -0.39 is 47.2 Å². The fourth-order valence-electron chi connectivity index (χ4n) is 1.46. The van der Waals surface area contributed by atoms with Crippen LogP contribution >= 0.6 is 0 Å². The number of hydrogen-bond acceptors (Lipinski definition) is 5. The number of aliphatic hydroxyl groups excluding tert-OH is 1. The summed E-state index contributed by atoms with van der Waals surface area (Å²) in [4.78, 5) is 26.9. The predicted molar refractivity (Wildman–Crippen MR) is 53.7 cm³/mol. The second kappa shape index (κ2) is 4.86. The molecule has 6 nitrogen and oxygen atoms in total. The third-order valence-electron chi connectivity index (χ3n) is 2.43. The van der Waals surface area contributed by atoms with E-state index in [1.165, 1.54) is 0 Å². The molecule has 0 saturated carbocycles. The van der Waals surface area contributed by atoms with Crippen LogP contribution in [0.3, 0.4) is 0 Å². The van der Waals surface area contributed by atoms with E-state index in [0.717, 1.165) is 6.07 Å². The highest BCUT2D eigenvalue weighted by atomic mass is 19.2. The van der Waals surface area contributed by atoms with Gasteiger partial charge in [-0.15, -0.1) is 5.48 Å². The van der Waals surface area contributed by atoms with Crippen molar-refractivity contribution in [1.82, 2.24) is 5.48 Å². The topological polar surface area (TPSA) is 87.7 Å². The molecular formula is C10H7F3N2O4. The molecule has 0 aliphatic carbocycles. The standard InChI is InChI=1S/C10H7F3N2O4/c11-3-1-2-4(7(13)6(3)12)14-8(16)5-9(17)15-19-10(5)18/h1-2,5,9,15,17H,(H,14,16). The van der Waals surface area contributed by atoms with Crippen molar-refractivity contribution in [3.63, 3.8) is 0 Å². The lowest BCUT2D eigenvalue weighted by Crippen LogP contribution is -2.36. The third-order valence-corrected chi connectivity index (χ3v) is 2.43. The molecular weight excluding hydrogens is 269 g/mol. The lowest BCUT2D eigenvalue weighted by molar-refractivity contribution is -0.147. The molecule has 19 heavy (non-hydrogen) atoms. The number of benzene rings is 1. The lowest BCUT2D eigenvalue weighted by atomic mass is 10.1. The van der Waals surface area contributed by atoms with Gasteiger partial charge in [-0.25, -0.2) is 18.0 Å². The van der Waals surface area contributed by atoms with Gasteiger partial charge in [-0.2, -0.15) is 0 Å². The van der Waals surface area contributed by atoms with Gasteiger partial charge >= 0.3 is 5.97 Å². The van der Waals surface area contributed by atoms with Gasteiger partial charge in [0.15, 0.2) is 29.6 Å². The summed E-state index contributed by atoms with van der Waals surface area (Å²) in [5.74, 6) is -8.61. The highest BCUT2D eigenvalue weighted by molar-refractivity contribution is 6.05. The molecule has 0 bridgehead atoms. The van der Waals surface area contributed by atoms with Crippen molar-refractivity contribution in [2.45, 2.75) is 6.23 Å². The van der Waals surface area contributed by atoms with Crippen LogP contribution in [0.2, 0.25) is 0 Å². The van der Waals surface area contributed by atoms with Crippen molar-refractivity contribution in [2.24, 2.45) is 5.92 Å². The normalized spacial score (nSPS) is 22.2. The zero-order chi connectivity index (χ0) is 14.2. The Bertz CT molecular complexity index is 552. The molecule has 0 spiro atoms. The summed E-state index contributed by atoms with van der Waals surface area (Å²) in [6.45, 7) is 0. The van der Waals surface area contributed by atoms with Gasteiger partial charge in [0.05, 0.1) is 5.69 Å². The Kier molecular flexibility index (Phi) is 3.40. The van der Waals surface area contributed by atoms with Gasteiger partial charge in [0.2, 0.25) is 5.91 Å². The summed E-state index contributed by atoms with van der Waals surface area (Å²) >= 11 is 0. The van der Waals surface area contributed by atoms with Crippen LogP contribution in [0.15, 0.2) is 12.1 Å². The van der Waals surface area contributed by atoms with E-state index in [4.69, 9.17) is 0 Å². The number of carbonyl (C=O) groups is 2. The number of aliphatic hydroxyl groups is 1. The SMILES string of the molecule is O=C(Nc1ccc(F)c(F)c1F)C1C(=O)ONC1O. The Hall–Kier alpha value is -2.13. The van der Waals surface area contributed by atoms with E-state index >= 15 is 0 Å². The maximum Gasteiger partial charge on any atom is 0.341 e. The van der Waals surface area contributed by atoms with Gasteiger partial charge in [-0.1, -0.05) is 0 Å². The molecule has 3 N–H and O–H groups in total. The number of halogens is 3. The van der Waals surface area contributed by atoms with Gasteiger partial charge in [-0.05, 0) is 12.1 Å². The Morgan fingerprint density at radius 3 is 2.58 bits per heavy atom. The molecule has 2 atom stereocenters. The minimum absolute atomic E-state index is 0.607. The molecule has 1 aliphatic rings. The average Bonchev–Trinajstić information content (AvgIpc) is 2.70. The molecule has 0 aromatic heterocycles. The molecule has 0 radical (unpaired) electrons. The van der Waals surface area contributed by atoms with Crippen molar-refractivity contribution in [1.29, 1.82) is 0 Å². The number of nitrogens with one attached hydrogen (secondary N) is 2. The van der Waals surface area contributed by atoms with Crippen LogP contribution in [0.25, 0.3) is 0 Å². The molecule has 1 heterocycles. The fraction of sp³-hybridized carbons (Fsp3) is 0.200. The summed E-state index contributed by atoms with van der Waals surface area (Å²) in [6.07, 6.45) is -1.61. The summed E-state index contributed by atoms with van der Waals surface area (Å²) in [5, 5.41) is 11.1. The predicted octanol–water partition coefficient (Wildman–Crippen LogP) is 0.0384. The number of rotatable bonds is 2. The third kappa shape index (κ3) is 2.37. The lowest BCUT2D eigenvalue weighted by Gasteiger charge is -2.11. The minimum atomic E-state index is -1.76. The maximum atomic E-state index is 13.3. The zero-order valence-corrected chi connectivity index (χ0v) is 9.12.